The van der Waals surface area contributed by atoms with Gasteiger partial charge in [0.05, 0.1) is 11.3 Å². The molecule has 1 fully saturated rings. The topological polar surface area (TPSA) is 29.8 Å². The Labute approximate surface area is 97.7 Å². The highest BCUT2D eigenvalue weighted by Gasteiger charge is 2.34. The number of para-hydroxylation sites is 1. The summed E-state index contributed by atoms with van der Waals surface area (Å²) in [5.74, 6) is 0. The highest BCUT2D eigenvalue weighted by atomic mass is 32.1. The lowest BCUT2D eigenvalue weighted by molar-refractivity contribution is 1.32. The largest absolute Gasteiger partial charge is 0.261 e. The first kappa shape index (κ1) is 9.25. The van der Waals surface area contributed by atoms with Crippen molar-refractivity contribution in [1.82, 2.24) is 0 Å². The van der Waals surface area contributed by atoms with Crippen molar-refractivity contribution in [1.29, 1.82) is 5.26 Å². The predicted octanol–water partition coefficient (Wildman–Crippen LogP) is 2.82. The van der Waals surface area contributed by atoms with Gasteiger partial charge in [-0.15, -0.1) is 11.3 Å². The van der Waals surface area contributed by atoms with Crippen LogP contribution < -0.4 is 10.0 Å². The first-order valence-electron chi connectivity index (χ1n) is 4.98. The molecule has 4 heteroatoms. The van der Waals surface area contributed by atoms with Crippen molar-refractivity contribution in [2.75, 3.05) is 16.7 Å². The van der Waals surface area contributed by atoms with E-state index in [1.54, 1.807) is 11.3 Å². The molecule has 1 saturated heterocycles. The maximum Gasteiger partial charge on any atom is 0.131 e. The van der Waals surface area contributed by atoms with E-state index in [4.69, 9.17) is 5.26 Å². The smallest absolute Gasteiger partial charge is 0.131 e. The molecular formula is C12H9N3S. The molecule has 0 radical (unpaired) electrons. The number of nitrogens with zero attached hydrogens (tertiary/aromatic N) is 3. The van der Waals surface area contributed by atoms with Crippen LogP contribution in [-0.4, -0.2) is 6.67 Å². The minimum absolute atomic E-state index is 0.753. The van der Waals surface area contributed by atoms with Crippen LogP contribution in [0.15, 0.2) is 41.8 Å². The van der Waals surface area contributed by atoms with Gasteiger partial charge in [0.1, 0.15) is 17.7 Å². The highest BCUT2D eigenvalue weighted by Crippen LogP contribution is 2.37. The first-order valence-corrected chi connectivity index (χ1v) is 5.86. The highest BCUT2D eigenvalue weighted by molar-refractivity contribution is 7.14. The van der Waals surface area contributed by atoms with Gasteiger partial charge in [0.25, 0.3) is 0 Å². The molecule has 16 heavy (non-hydrogen) atoms. The maximum absolute atomic E-state index is 8.95. The standard InChI is InChI=1S/C12H9N3S/c13-8-10-6-7-16-12(10)15-9-14(15)11-4-2-1-3-5-11/h1-7H,9H2. The second-order valence-corrected chi connectivity index (χ2v) is 4.42. The van der Waals surface area contributed by atoms with Gasteiger partial charge in [0.2, 0.25) is 0 Å². The normalized spacial score (nSPS) is 13.7. The van der Waals surface area contributed by atoms with E-state index in [1.807, 2.05) is 29.6 Å². The molecule has 78 valence electrons. The molecule has 0 N–H and O–H groups in total. The van der Waals surface area contributed by atoms with Crippen LogP contribution in [0, 0.1) is 11.3 Å². The summed E-state index contributed by atoms with van der Waals surface area (Å²) < 4.78 is 0. The lowest BCUT2D eigenvalue weighted by atomic mass is 10.3. The molecule has 1 aromatic heterocycles. The predicted molar refractivity (Wildman–Crippen MR) is 65.3 cm³/mol. The molecule has 1 aromatic carbocycles. The third-order valence-electron chi connectivity index (χ3n) is 2.53. The monoisotopic (exact) mass is 227 g/mol. The van der Waals surface area contributed by atoms with Gasteiger partial charge in [-0.3, -0.25) is 10.0 Å². The molecule has 0 unspecified atom stereocenters. The molecular weight excluding hydrogens is 218 g/mol. The fourth-order valence-electron chi connectivity index (χ4n) is 1.68. The average Bonchev–Trinajstić information content (AvgIpc) is 3.00. The van der Waals surface area contributed by atoms with Crippen molar-refractivity contribution in [2.24, 2.45) is 0 Å². The van der Waals surface area contributed by atoms with Crippen LogP contribution in [0.25, 0.3) is 0 Å². The fraction of sp³-hybridized carbons (Fsp3) is 0.0833. The Morgan fingerprint density at radius 2 is 1.94 bits per heavy atom. The van der Waals surface area contributed by atoms with E-state index in [0.29, 0.717) is 0 Å². The van der Waals surface area contributed by atoms with Crippen LogP contribution in [-0.2, 0) is 0 Å². The molecule has 0 atom stereocenters. The van der Waals surface area contributed by atoms with Crippen molar-refractivity contribution in [3.63, 3.8) is 0 Å². The van der Waals surface area contributed by atoms with Crippen LogP contribution in [0.3, 0.4) is 0 Å². The van der Waals surface area contributed by atoms with Gasteiger partial charge in [-0.1, -0.05) is 18.2 Å². The molecule has 3 rings (SSSR count). The van der Waals surface area contributed by atoms with Crippen molar-refractivity contribution >= 4 is 22.0 Å². The van der Waals surface area contributed by atoms with Crippen LogP contribution in [0.1, 0.15) is 5.56 Å². The molecule has 0 aliphatic carbocycles. The van der Waals surface area contributed by atoms with Crippen LogP contribution in [0.2, 0.25) is 0 Å². The zero-order chi connectivity index (χ0) is 11.0. The first-order chi connectivity index (χ1) is 7.90. The average molecular weight is 227 g/mol. The number of benzene rings is 1. The number of hydrogen-bond acceptors (Lipinski definition) is 4. The van der Waals surface area contributed by atoms with Gasteiger partial charge >= 0.3 is 0 Å². The van der Waals surface area contributed by atoms with Crippen LogP contribution >= 0.6 is 11.3 Å². The van der Waals surface area contributed by atoms with E-state index >= 15 is 0 Å². The van der Waals surface area contributed by atoms with Gasteiger partial charge in [0.15, 0.2) is 0 Å². The molecule has 2 heterocycles. The lowest BCUT2D eigenvalue weighted by Crippen LogP contribution is -2.02. The number of thiophene rings is 1. The van der Waals surface area contributed by atoms with Crippen molar-refractivity contribution in [3.8, 4) is 6.07 Å². The summed E-state index contributed by atoms with van der Waals surface area (Å²) in [5, 5.41) is 16.2. The van der Waals surface area contributed by atoms with E-state index in [0.717, 1.165) is 17.2 Å². The summed E-state index contributed by atoms with van der Waals surface area (Å²) in [4.78, 5) is 0. The Morgan fingerprint density at radius 3 is 2.69 bits per heavy atom. The minimum atomic E-state index is 0.753. The molecule has 1 aliphatic heterocycles. The van der Waals surface area contributed by atoms with E-state index in [2.05, 4.69) is 28.2 Å². The van der Waals surface area contributed by atoms with E-state index in [1.165, 1.54) is 5.69 Å². The molecule has 0 saturated carbocycles. The minimum Gasteiger partial charge on any atom is -0.261 e. The molecule has 0 amide bonds. The number of nitriles is 1. The van der Waals surface area contributed by atoms with E-state index < -0.39 is 0 Å². The van der Waals surface area contributed by atoms with Gasteiger partial charge in [-0.05, 0) is 23.6 Å². The van der Waals surface area contributed by atoms with Crippen molar-refractivity contribution < 1.29 is 0 Å². The molecule has 2 aromatic rings. The fourth-order valence-corrected chi connectivity index (χ4v) is 2.53. The third-order valence-corrected chi connectivity index (χ3v) is 3.45. The molecule has 1 aliphatic rings. The van der Waals surface area contributed by atoms with Gasteiger partial charge < -0.3 is 0 Å². The van der Waals surface area contributed by atoms with Crippen LogP contribution in [0.4, 0.5) is 10.7 Å². The van der Waals surface area contributed by atoms with Crippen molar-refractivity contribution in [2.45, 2.75) is 0 Å². The number of hydrogen-bond donors (Lipinski definition) is 0. The Hall–Kier alpha value is -1.99. The third kappa shape index (κ3) is 1.42. The molecule has 0 spiro atoms. The van der Waals surface area contributed by atoms with E-state index in [9.17, 15) is 0 Å². The summed E-state index contributed by atoms with van der Waals surface area (Å²) in [5.41, 5.74) is 1.92. The Balaban J connectivity index is 1.85. The Kier molecular flexibility index (Phi) is 2.05. The molecule has 0 bridgehead atoms. The lowest BCUT2D eigenvalue weighted by Gasteiger charge is -2.05. The Bertz CT molecular complexity index is 541. The van der Waals surface area contributed by atoms with E-state index in [-0.39, 0.29) is 0 Å². The number of anilines is 2. The summed E-state index contributed by atoms with van der Waals surface area (Å²) in [6.07, 6.45) is 0. The summed E-state index contributed by atoms with van der Waals surface area (Å²) in [6.45, 7) is 0.860. The quantitative estimate of drug-likeness (QED) is 0.739. The zero-order valence-corrected chi connectivity index (χ0v) is 9.31. The Morgan fingerprint density at radius 1 is 1.12 bits per heavy atom. The second-order valence-electron chi connectivity index (χ2n) is 3.53. The van der Waals surface area contributed by atoms with Gasteiger partial charge in [-0.2, -0.15) is 5.26 Å². The summed E-state index contributed by atoms with van der Waals surface area (Å²) >= 11 is 1.60. The van der Waals surface area contributed by atoms with Crippen LogP contribution in [0.5, 0.6) is 0 Å². The second kappa shape index (κ2) is 3.54. The number of hydrazine groups is 1. The summed E-state index contributed by atoms with van der Waals surface area (Å²) in [6, 6.07) is 14.3. The zero-order valence-electron chi connectivity index (χ0n) is 8.50. The molecule has 3 nitrogen and oxygen atoms in total. The SMILES string of the molecule is N#Cc1ccsc1N1CN1c1ccccc1. The van der Waals surface area contributed by atoms with Crippen molar-refractivity contribution in [3.05, 3.63) is 47.3 Å². The number of rotatable bonds is 2. The summed E-state index contributed by atoms with van der Waals surface area (Å²) in [7, 11) is 0. The van der Waals surface area contributed by atoms with Gasteiger partial charge in [-0.25, -0.2) is 0 Å². The van der Waals surface area contributed by atoms with Gasteiger partial charge in [0, 0.05) is 0 Å². The maximum atomic E-state index is 8.95.